The molecule has 1 aliphatic heterocycles. The zero-order valence-corrected chi connectivity index (χ0v) is 18.2. The van der Waals surface area contributed by atoms with Crippen molar-refractivity contribution >= 4 is 11.9 Å². The fraction of sp³-hybridized carbons (Fsp3) is 0.304. The number of carboxylic acids is 1. The molecule has 0 spiro atoms. The van der Waals surface area contributed by atoms with Gasteiger partial charge in [0.05, 0.1) is 12.7 Å². The number of halogens is 3. The Labute approximate surface area is 193 Å². The average Bonchev–Trinajstić information content (AvgIpc) is 3.25. The Bertz CT molecular complexity index is 1120. The number of aryl methyl sites for hydroxylation is 1. The minimum atomic E-state index is -5.08. The first-order valence-corrected chi connectivity index (χ1v) is 10.4. The number of aliphatic carboxylic acids is 1. The van der Waals surface area contributed by atoms with Crippen LogP contribution in [-0.4, -0.2) is 44.7 Å². The Morgan fingerprint density at radius 1 is 1.21 bits per heavy atom. The topological polar surface area (TPSA) is 106 Å². The van der Waals surface area contributed by atoms with E-state index in [1.807, 2.05) is 41.3 Å². The van der Waals surface area contributed by atoms with E-state index in [1.165, 1.54) is 5.56 Å². The maximum atomic E-state index is 12.9. The Morgan fingerprint density at radius 3 is 2.50 bits per heavy atom. The first kappa shape index (κ1) is 24.7. The lowest BCUT2D eigenvalue weighted by molar-refractivity contribution is -0.192. The van der Waals surface area contributed by atoms with Crippen LogP contribution in [0.1, 0.15) is 39.9 Å². The smallest absolute Gasteiger partial charge is 0.486 e. The number of fused-ring (bicyclic) bond motifs is 1. The number of pyridine rings is 1. The molecule has 1 aliphatic rings. The summed E-state index contributed by atoms with van der Waals surface area (Å²) < 4.78 is 42.9. The number of aromatic nitrogens is 2. The van der Waals surface area contributed by atoms with E-state index in [-0.39, 0.29) is 12.5 Å². The van der Waals surface area contributed by atoms with E-state index in [0.29, 0.717) is 30.8 Å². The lowest BCUT2D eigenvalue weighted by Crippen LogP contribution is -2.36. The number of benzene rings is 1. The van der Waals surface area contributed by atoms with E-state index in [0.717, 1.165) is 23.4 Å². The van der Waals surface area contributed by atoms with E-state index < -0.39 is 12.1 Å². The van der Waals surface area contributed by atoms with Crippen LogP contribution in [0.3, 0.4) is 0 Å². The highest BCUT2D eigenvalue weighted by molar-refractivity contribution is 5.94. The molecule has 1 aromatic carbocycles. The number of carboxylic acid groups (broad SMARTS) is 1. The van der Waals surface area contributed by atoms with Gasteiger partial charge in [0, 0.05) is 30.3 Å². The second-order valence-electron chi connectivity index (χ2n) is 7.34. The first-order valence-electron chi connectivity index (χ1n) is 10.4. The van der Waals surface area contributed by atoms with Crippen LogP contribution in [0.4, 0.5) is 13.2 Å². The third kappa shape index (κ3) is 6.33. The van der Waals surface area contributed by atoms with Crippen LogP contribution < -0.4 is 4.74 Å². The fourth-order valence-corrected chi connectivity index (χ4v) is 3.20. The van der Waals surface area contributed by atoms with Gasteiger partial charge in [-0.25, -0.2) is 4.79 Å². The lowest BCUT2D eigenvalue weighted by Gasteiger charge is -2.26. The molecule has 0 aliphatic carbocycles. The molecule has 0 radical (unpaired) electrons. The minimum Gasteiger partial charge on any atom is -0.486 e. The van der Waals surface area contributed by atoms with Crippen molar-refractivity contribution in [1.29, 1.82) is 0 Å². The van der Waals surface area contributed by atoms with Gasteiger partial charge in [0.15, 0.2) is 0 Å². The molecule has 34 heavy (non-hydrogen) atoms. The number of hydrogen-bond acceptors (Lipinski definition) is 6. The van der Waals surface area contributed by atoms with Crippen molar-refractivity contribution in [2.75, 3.05) is 6.54 Å². The summed E-state index contributed by atoms with van der Waals surface area (Å²) in [5, 5.41) is 11.3. The van der Waals surface area contributed by atoms with Gasteiger partial charge in [0.1, 0.15) is 23.8 Å². The van der Waals surface area contributed by atoms with Crippen molar-refractivity contribution in [3.63, 3.8) is 0 Å². The highest BCUT2D eigenvalue weighted by atomic mass is 19.4. The second kappa shape index (κ2) is 10.8. The molecular formula is C23H22F3N3O5. The third-order valence-corrected chi connectivity index (χ3v) is 5.06. The first-order chi connectivity index (χ1) is 16.2. The van der Waals surface area contributed by atoms with Crippen molar-refractivity contribution < 1.29 is 37.1 Å². The summed E-state index contributed by atoms with van der Waals surface area (Å²) in [6, 6.07) is 11.5. The average molecular weight is 477 g/mol. The van der Waals surface area contributed by atoms with Gasteiger partial charge in [-0.3, -0.25) is 9.78 Å². The van der Waals surface area contributed by atoms with Gasteiger partial charge in [-0.1, -0.05) is 24.2 Å². The number of carbonyl (C=O) groups is 2. The SMILES string of the molecule is CCc1ccc(C(=O)N2CCc3onc(COc4cccnc4)c3C2)cc1.O=C(O)C(F)(F)F. The Balaban J connectivity index is 0.000000406. The molecule has 0 saturated carbocycles. The molecule has 0 atom stereocenters. The number of nitrogens with zero attached hydrogens (tertiary/aromatic N) is 3. The summed E-state index contributed by atoms with van der Waals surface area (Å²) in [6.07, 6.45) is -0.111. The van der Waals surface area contributed by atoms with Crippen LogP contribution in [0.5, 0.6) is 5.75 Å². The summed E-state index contributed by atoms with van der Waals surface area (Å²) in [4.78, 5) is 27.6. The van der Waals surface area contributed by atoms with E-state index >= 15 is 0 Å². The number of ether oxygens (including phenoxy) is 1. The molecule has 3 aromatic rings. The van der Waals surface area contributed by atoms with Gasteiger partial charge in [-0.05, 0) is 36.2 Å². The number of rotatable bonds is 5. The maximum absolute atomic E-state index is 12.9. The van der Waals surface area contributed by atoms with Crippen LogP contribution in [0.2, 0.25) is 0 Å². The molecule has 0 saturated heterocycles. The zero-order valence-electron chi connectivity index (χ0n) is 18.2. The third-order valence-electron chi connectivity index (χ3n) is 5.06. The molecule has 3 heterocycles. The van der Waals surface area contributed by atoms with Crippen LogP contribution in [0, 0.1) is 0 Å². The lowest BCUT2D eigenvalue weighted by atomic mass is 10.0. The van der Waals surface area contributed by atoms with E-state index in [2.05, 4.69) is 17.1 Å². The van der Waals surface area contributed by atoms with E-state index in [4.69, 9.17) is 19.2 Å². The largest absolute Gasteiger partial charge is 0.490 e. The zero-order chi connectivity index (χ0) is 24.7. The molecule has 1 N–H and O–H groups in total. The maximum Gasteiger partial charge on any atom is 0.490 e. The van der Waals surface area contributed by atoms with Gasteiger partial charge < -0.3 is 19.3 Å². The Hall–Kier alpha value is -3.89. The van der Waals surface area contributed by atoms with Gasteiger partial charge in [0.2, 0.25) is 0 Å². The molecule has 4 rings (SSSR count). The van der Waals surface area contributed by atoms with Crippen molar-refractivity contribution in [3.05, 3.63) is 76.9 Å². The Morgan fingerprint density at radius 2 is 1.91 bits per heavy atom. The summed E-state index contributed by atoms with van der Waals surface area (Å²) in [7, 11) is 0. The number of amides is 1. The van der Waals surface area contributed by atoms with Crippen molar-refractivity contribution in [2.24, 2.45) is 0 Å². The molecule has 180 valence electrons. The highest BCUT2D eigenvalue weighted by Crippen LogP contribution is 2.25. The standard InChI is InChI=1S/C21H21N3O3.C2HF3O2/c1-2-15-5-7-16(8-6-15)21(25)24-11-9-20-18(13-24)19(23-27-20)14-26-17-4-3-10-22-12-17;3-2(4,5)1(6)7/h3-8,10,12H,2,9,11,13-14H2,1H3;(H,6,7). The van der Waals surface area contributed by atoms with Gasteiger partial charge >= 0.3 is 12.1 Å². The molecule has 8 nitrogen and oxygen atoms in total. The van der Waals surface area contributed by atoms with Gasteiger partial charge in [0.25, 0.3) is 5.91 Å². The number of alkyl halides is 3. The summed E-state index contributed by atoms with van der Waals surface area (Å²) in [5.74, 6) is -1.21. The molecule has 0 fully saturated rings. The van der Waals surface area contributed by atoms with Gasteiger partial charge in [-0.2, -0.15) is 13.2 Å². The monoisotopic (exact) mass is 477 g/mol. The fourth-order valence-electron chi connectivity index (χ4n) is 3.20. The van der Waals surface area contributed by atoms with E-state index in [9.17, 15) is 18.0 Å². The van der Waals surface area contributed by atoms with E-state index in [1.54, 1.807) is 12.4 Å². The van der Waals surface area contributed by atoms with Crippen LogP contribution >= 0.6 is 0 Å². The molecule has 2 aromatic heterocycles. The summed E-state index contributed by atoms with van der Waals surface area (Å²) in [6.45, 7) is 3.50. The molecular weight excluding hydrogens is 455 g/mol. The van der Waals surface area contributed by atoms with Crippen LogP contribution in [-0.2, 0) is 30.8 Å². The Kier molecular flexibility index (Phi) is 7.87. The van der Waals surface area contributed by atoms with Gasteiger partial charge in [-0.15, -0.1) is 0 Å². The van der Waals surface area contributed by atoms with Crippen molar-refractivity contribution in [3.8, 4) is 5.75 Å². The second-order valence-corrected chi connectivity index (χ2v) is 7.34. The van der Waals surface area contributed by atoms with Crippen LogP contribution in [0.15, 0.2) is 53.3 Å². The molecule has 0 unspecified atom stereocenters. The minimum absolute atomic E-state index is 0.0311. The molecule has 11 heteroatoms. The van der Waals surface area contributed by atoms with Crippen molar-refractivity contribution in [2.45, 2.75) is 39.1 Å². The molecule has 1 amide bonds. The normalized spacial score (nSPS) is 12.9. The highest BCUT2D eigenvalue weighted by Gasteiger charge is 2.38. The quantitative estimate of drug-likeness (QED) is 0.591. The predicted octanol–water partition coefficient (Wildman–Crippen LogP) is 4.04. The number of carbonyl (C=O) groups excluding carboxylic acids is 1. The number of hydrogen-bond donors (Lipinski definition) is 1. The van der Waals surface area contributed by atoms with Crippen LogP contribution in [0.25, 0.3) is 0 Å². The van der Waals surface area contributed by atoms with Crippen molar-refractivity contribution in [1.82, 2.24) is 15.0 Å². The predicted molar refractivity (Wildman–Crippen MR) is 113 cm³/mol. The molecule has 0 bridgehead atoms. The summed E-state index contributed by atoms with van der Waals surface area (Å²) >= 11 is 0. The summed E-state index contributed by atoms with van der Waals surface area (Å²) in [5.41, 5.74) is 3.61.